The van der Waals surface area contributed by atoms with Gasteiger partial charge in [-0.1, -0.05) is 12.1 Å². The molecule has 0 unspecified atom stereocenters. The van der Waals surface area contributed by atoms with E-state index in [1.54, 1.807) is 12.1 Å². The number of morpholine rings is 1. The number of ether oxygens (including phenoxy) is 1. The normalized spacial score (nSPS) is 21.6. The predicted molar refractivity (Wildman–Crippen MR) is 93.0 cm³/mol. The van der Waals surface area contributed by atoms with Crippen molar-refractivity contribution in [3.63, 3.8) is 0 Å². The van der Waals surface area contributed by atoms with Crippen molar-refractivity contribution in [2.45, 2.75) is 32.2 Å². The topological polar surface area (TPSA) is 53.0 Å². The summed E-state index contributed by atoms with van der Waals surface area (Å²) in [4.78, 5) is 17.0. The first-order valence-corrected chi connectivity index (χ1v) is 9.01. The number of amides is 1. The van der Waals surface area contributed by atoms with Gasteiger partial charge in [-0.3, -0.25) is 9.69 Å². The molecular weight excluding hydrogens is 304 g/mol. The summed E-state index contributed by atoms with van der Waals surface area (Å²) < 4.78 is 5.44. The quantitative estimate of drug-likeness (QED) is 0.915. The highest BCUT2D eigenvalue weighted by Gasteiger charge is 2.29. The summed E-state index contributed by atoms with van der Waals surface area (Å²) in [5, 5.41) is 9.32. The van der Waals surface area contributed by atoms with Gasteiger partial charge >= 0.3 is 0 Å². The molecular formula is C19H28N2O3. The molecule has 3 rings (SSSR count). The van der Waals surface area contributed by atoms with Crippen LogP contribution in [0.25, 0.3) is 0 Å². The Morgan fingerprint density at radius 1 is 1.17 bits per heavy atom. The maximum atomic E-state index is 12.5. The van der Waals surface area contributed by atoms with Crippen molar-refractivity contribution in [2.75, 3.05) is 39.4 Å². The Hall–Kier alpha value is -1.59. The summed E-state index contributed by atoms with van der Waals surface area (Å²) in [6.07, 6.45) is 2.59. The maximum Gasteiger partial charge on any atom is 0.226 e. The average molecular weight is 332 g/mol. The van der Waals surface area contributed by atoms with Crippen molar-refractivity contribution in [1.29, 1.82) is 0 Å². The summed E-state index contributed by atoms with van der Waals surface area (Å²) in [6, 6.07) is 7.49. The van der Waals surface area contributed by atoms with Crippen molar-refractivity contribution >= 4 is 5.91 Å². The number of carbonyl (C=O) groups excluding carboxylic acids is 1. The van der Waals surface area contributed by atoms with Crippen LogP contribution in [0.4, 0.5) is 0 Å². The van der Waals surface area contributed by atoms with E-state index in [1.165, 1.54) is 0 Å². The largest absolute Gasteiger partial charge is 0.508 e. The number of piperidine rings is 1. The third-order valence-corrected chi connectivity index (χ3v) is 5.49. The van der Waals surface area contributed by atoms with E-state index >= 15 is 0 Å². The first-order chi connectivity index (χ1) is 11.6. The average Bonchev–Trinajstić information content (AvgIpc) is 2.64. The van der Waals surface area contributed by atoms with Gasteiger partial charge < -0.3 is 14.7 Å². The van der Waals surface area contributed by atoms with Crippen LogP contribution in [-0.4, -0.2) is 66.2 Å². The fraction of sp³-hybridized carbons (Fsp3) is 0.632. The Kier molecular flexibility index (Phi) is 5.74. The zero-order valence-electron chi connectivity index (χ0n) is 14.5. The number of phenolic OH excluding ortho intramolecular Hbond substituents is 1. The zero-order chi connectivity index (χ0) is 16.9. The van der Waals surface area contributed by atoms with E-state index in [9.17, 15) is 9.90 Å². The van der Waals surface area contributed by atoms with Gasteiger partial charge in [-0.25, -0.2) is 0 Å². The van der Waals surface area contributed by atoms with E-state index < -0.39 is 0 Å². The number of likely N-dealkylation sites (tertiary alicyclic amines) is 1. The SMILES string of the molecule is C[C@H](C1CCN(C(=O)Cc2ccc(O)cc2)CC1)N1CCOCC1. The minimum absolute atomic E-state index is 0.193. The minimum atomic E-state index is 0.193. The third kappa shape index (κ3) is 4.28. The molecule has 0 aromatic heterocycles. The van der Waals surface area contributed by atoms with Gasteiger partial charge in [0.25, 0.3) is 0 Å². The summed E-state index contributed by atoms with van der Waals surface area (Å²) in [7, 11) is 0. The number of hydrogen-bond acceptors (Lipinski definition) is 4. The Balaban J connectivity index is 1.47. The van der Waals surface area contributed by atoms with Gasteiger partial charge in [-0.05, 0) is 43.4 Å². The molecule has 0 spiro atoms. The van der Waals surface area contributed by atoms with Crippen LogP contribution in [-0.2, 0) is 16.0 Å². The molecule has 1 amide bonds. The molecule has 0 bridgehead atoms. The highest BCUT2D eigenvalue weighted by molar-refractivity contribution is 5.78. The molecule has 2 fully saturated rings. The zero-order valence-corrected chi connectivity index (χ0v) is 14.5. The van der Waals surface area contributed by atoms with Gasteiger partial charge in [-0.2, -0.15) is 0 Å². The van der Waals surface area contributed by atoms with Crippen molar-refractivity contribution < 1.29 is 14.6 Å². The lowest BCUT2D eigenvalue weighted by Gasteiger charge is -2.41. The molecule has 132 valence electrons. The van der Waals surface area contributed by atoms with Crippen molar-refractivity contribution in [3.8, 4) is 5.75 Å². The first-order valence-electron chi connectivity index (χ1n) is 9.01. The minimum Gasteiger partial charge on any atom is -0.508 e. The van der Waals surface area contributed by atoms with E-state index in [0.29, 0.717) is 18.4 Å². The number of benzene rings is 1. The predicted octanol–water partition coefficient (Wildman–Crippen LogP) is 1.89. The van der Waals surface area contributed by atoms with Gasteiger partial charge in [0.05, 0.1) is 19.6 Å². The maximum absolute atomic E-state index is 12.5. The highest BCUT2D eigenvalue weighted by Crippen LogP contribution is 2.25. The van der Waals surface area contributed by atoms with Crippen LogP contribution in [0.2, 0.25) is 0 Å². The second-order valence-corrected chi connectivity index (χ2v) is 6.95. The highest BCUT2D eigenvalue weighted by atomic mass is 16.5. The molecule has 5 nitrogen and oxygen atoms in total. The molecule has 2 saturated heterocycles. The van der Waals surface area contributed by atoms with Gasteiger partial charge in [0, 0.05) is 32.2 Å². The summed E-state index contributed by atoms with van der Waals surface area (Å²) >= 11 is 0. The number of carbonyl (C=O) groups is 1. The van der Waals surface area contributed by atoms with E-state index in [4.69, 9.17) is 4.74 Å². The second-order valence-electron chi connectivity index (χ2n) is 6.95. The molecule has 1 aromatic rings. The number of aromatic hydroxyl groups is 1. The third-order valence-electron chi connectivity index (χ3n) is 5.49. The van der Waals surface area contributed by atoms with Crippen molar-refractivity contribution in [3.05, 3.63) is 29.8 Å². The summed E-state index contributed by atoms with van der Waals surface area (Å²) in [6.45, 7) is 7.78. The molecule has 2 aliphatic rings. The van der Waals surface area contributed by atoms with Gasteiger partial charge in [0.1, 0.15) is 5.75 Å². The van der Waals surface area contributed by atoms with Crippen LogP contribution in [0, 0.1) is 5.92 Å². The molecule has 1 N–H and O–H groups in total. The molecule has 2 heterocycles. The van der Waals surface area contributed by atoms with Crippen LogP contribution in [0.3, 0.4) is 0 Å². The molecule has 24 heavy (non-hydrogen) atoms. The molecule has 2 aliphatic heterocycles. The second kappa shape index (κ2) is 7.99. The van der Waals surface area contributed by atoms with E-state index in [1.807, 2.05) is 17.0 Å². The van der Waals surface area contributed by atoms with E-state index in [-0.39, 0.29) is 11.7 Å². The van der Waals surface area contributed by atoms with Crippen LogP contribution < -0.4 is 0 Å². The van der Waals surface area contributed by atoms with Gasteiger partial charge in [0.15, 0.2) is 0 Å². The standard InChI is InChI=1S/C19H28N2O3/c1-15(20-10-12-24-13-11-20)17-6-8-21(9-7-17)19(23)14-16-2-4-18(22)5-3-16/h2-5,15,17,22H,6-14H2,1H3/t15-/m1/s1. The molecule has 0 aliphatic carbocycles. The monoisotopic (exact) mass is 332 g/mol. The molecule has 5 heteroatoms. The van der Waals surface area contributed by atoms with Crippen LogP contribution in [0.5, 0.6) is 5.75 Å². The lowest BCUT2D eigenvalue weighted by Crippen LogP contribution is -2.49. The smallest absolute Gasteiger partial charge is 0.226 e. The fourth-order valence-corrected chi connectivity index (χ4v) is 3.81. The molecule has 0 radical (unpaired) electrons. The van der Waals surface area contributed by atoms with E-state index in [0.717, 1.165) is 57.8 Å². The molecule has 1 aromatic carbocycles. The lowest BCUT2D eigenvalue weighted by atomic mass is 9.89. The Morgan fingerprint density at radius 3 is 2.42 bits per heavy atom. The van der Waals surface area contributed by atoms with Crippen LogP contribution in [0.1, 0.15) is 25.3 Å². The van der Waals surface area contributed by atoms with Gasteiger partial charge in [0.2, 0.25) is 5.91 Å². The number of phenols is 1. The lowest BCUT2D eigenvalue weighted by molar-refractivity contribution is -0.132. The number of rotatable bonds is 4. The van der Waals surface area contributed by atoms with Crippen molar-refractivity contribution in [2.24, 2.45) is 5.92 Å². The van der Waals surface area contributed by atoms with Gasteiger partial charge in [-0.15, -0.1) is 0 Å². The summed E-state index contributed by atoms with van der Waals surface area (Å²) in [5.41, 5.74) is 0.960. The van der Waals surface area contributed by atoms with Crippen molar-refractivity contribution in [1.82, 2.24) is 9.80 Å². The molecule has 0 saturated carbocycles. The fourth-order valence-electron chi connectivity index (χ4n) is 3.81. The first kappa shape index (κ1) is 17.2. The summed E-state index contributed by atoms with van der Waals surface area (Å²) in [5.74, 6) is 1.10. The number of nitrogens with zero attached hydrogens (tertiary/aromatic N) is 2. The Bertz CT molecular complexity index is 532. The molecule has 1 atom stereocenters. The Morgan fingerprint density at radius 2 is 1.79 bits per heavy atom. The number of hydrogen-bond donors (Lipinski definition) is 1. The Labute approximate surface area is 144 Å². The van der Waals surface area contributed by atoms with Crippen LogP contribution >= 0.6 is 0 Å². The van der Waals surface area contributed by atoms with E-state index in [2.05, 4.69) is 11.8 Å². The van der Waals surface area contributed by atoms with Crippen LogP contribution in [0.15, 0.2) is 24.3 Å².